The van der Waals surface area contributed by atoms with E-state index in [0.29, 0.717) is 6.42 Å². The van der Waals surface area contributed by atoms with Gasteiger partial charge in [-0.25, -0.2) is 0 Å². The lowest BCUT2D eigenvalue weighted by atomic mass is 10.4. The first-order valence-electron chi connectivity index (χ1n) is 4.66. The molecule has 0 spiro atoms. The van der Waals surface area contributed by atoms with E-state index in [1.165, 1.54) is 0 Å². The molecule has 0 aliphatic rings. The molecule has 3 nitrogen and oxygen atoms in total. The number of hydrogen-bond acceptors (Lipinski definition) is 3. The lowest BCUT2D eigenvalue weighted by molar-refractivity contribution is -0.117. The first-order valence-corrected chi connectivity index (χ1v) is 5.81. The maximum absolute atomic E-state index is 10.4. The zero-order chi connectivity index (χ0) is 10.4. The van der Waals surface area contributed by atoms with E-state index in [4.69, 9.17) is 10.2 Å². The number of nitrogens with two attached hydrogens (primary N) is 1. The number of aryl methyl sites for hydroxylation is 1. The Hall–Kier alpha value is -0.900. The van der Waals surface area contributed by atoms with Crippen molar-refractivity contribution in [3.63, 3.8) is 0 Å². The lowest BCUT2D eigenvalue weighted by Crippen LogP contribution is -2.10. The Labute approximate surface area is 88.0 Å². The van der Waals surface area contributed by atoms with Crippen molar-refractivity contribution in [2.24, 2.45) is 5.73 Å². The van der Waals surface area contributed by atoms with Gasteiger partial charge in [0.05, 0.1) is 5.75 Å². The predicted molar refractivity (Wildman–Crippen MR) is 58.1 cm³/mol. The van der Waals surface area contributed by atoms with Crippen LogP contribution < -0.4 is 5.73 Å². The van der Waals surface area contributed by atoms with Gasteiger partial charge in [0.2, 0.25) is 5.91 Å². The topological polar surface area (TPSA) is 56.2 Å². The van der Waals surface area contributed by atoms with Crippen LogP contribution in [0.15, 0.2) is 16.5 Å². The van der Waals surface area contributed by atoms with Crippen LogP contribution in [0.1, 0.15) is 24.9 Å². The maximum Gasteiger partial charge on any atom is 0.218 e. The van der Waals surface area contributed by atoms with Crippen molar-refractivity contribution in [3.8, 4) is 0 Å². The molecule has 0 fully saturated rings. The van der Waals surface area contributed by atoms with E-state index >= 15 is 0 Å². The molecule has 0 saturated heterocycles. The van der Waals surface area contributed by atoms with Crippen LogP contribution in [-0.4, -0.2) is 11.7 Å². The summed E-state index contributed by atoms with van der Waals surface area (Å²) in [4.78, 5) is 10.4. The molecular formula is C10H15NO2S. The Balaban J connectivity index is 2.21. The minimum atomic E-state index is -0.244. The van der Waals surface area contributed by atoms with E-state index in [-0.39, 0.29) is 5.91 Å². The van der Waals surface area contributed by atoms with Crippen molar-refractivity contribution >= 4 is 17.7 Å². The first-order chi connectivity index (χ1) is 6.72. The summed E-state index contributed by atoms with van der Waals surface area (Å²) in [5, 5.41) is 0. The van der Waals surface area contributed by atoms with Crippen molar-refractivity contribution in [2.75, 3.05) is 5.75 Å². The third kappa shape index (κ3) is 3.87. The fourth-order valence-electron chi connectivity index (χ4n) is 1.04. The van der Waals surface area contributed by atoms with Crippen LogP contribution in [-0.2, 0) is 17.0 Å². The molecule has 0 bridgehead atoms. The summed E-state index contributed by atoms with van der Waals surface area (Å²) in [6.07, 6.45) is 1.36. The van der Waals surface area contributed by atoms with Crippen LogP contribution in [0.4, 0.5) is 0 Å². The monoisotopic (exact) mass is 213 g/mol. The predicted octanol–water partition coefficient (Wildman–Crippen LogP) is 1.95. The van der Waals surface area contributed by atoms with Gasteiger partial charge in [0.1, 0.15) is 11.5 Å². The Kier molecular flexibility index (Phi) is 4.59. The van der Waals surface area contributed by atoms with Crippen LogP contribution in [0.5, 0.6) is 0 Å². The van der Waals surface area contributed by atoms with Crippen molar-refractivity contribution in [3.05, 3.63) is 23.7 Å². The van der Waals surface area contributed by atoms with E-state index in [1.54, 1.807) is 11.8 Å². The largest absolute Gasteiger partial charge is 0.465 e. The van der Waals surface area contributed by atoms with Crippen LogP contribution >= 0.6 is 11.8 Å². The molecule has 0 atom stereocenters. The van der Waals surface area contributed by atoms with Crippen LogP contribution in [0.25, 0.3) is 0 Å². The average Bonchev–Trinajstić information content (AvgIpc) is 2.60. The van der Waals surface area contributed by atoms with Crippen molar-refractivity contribution < 1.29 is 9.21 Å². The number of rotatable bonds is 6. The molecular weight excluding hydrogens is 198 g/mol. The molecule has 2 N–H and O–H groups in total. The van der Waals surface area contributed by atoms with Crippen LogP contribution in [0.2, 0.25) is 0 Å². The second kappa shape index (κ2) is 5.75. The molecule has 0 aliphatic heterocycles. The summed E-state index contributed by atoms with van der Waals surface area (Å²) >= 11 is 1.66. The number of primary amides is 1. The Morgan fingerprint density at radius 3 is 2.79 bits per heavy atom. The van der Waals surface area contributed by atoms with E-state index in [2.05, 4.69) is 6.92 Å². The molecule has 0 radical (unpaired) electrons. The first kappa shape index (κ1) is 11.2. The lowest BCUT2D eigenvalue weighted by Gasteiger charge is -1.96. The smallest absolute Gasteiger partial charge is 0.218 e. The Bertz CT molecular complexity index is 296. The number of furan rings is 1. The molecule has 1 aromatic heterocycles. The van der Waals surface area contributed by atoms with Gasteiger partial charge in [-0.1, -0.05) is 6.92 Å². The third-order valence-corrected chi connectivity index (χ3v) is 2.78. The second-order valence-electron chi connectivity index (χ2n) is 2.99. The van der Waals surface area contributed by atoms with Gasteiger partial charge in [0, 0.05) is 18.6 Å². The number of thioether (sulfide) groups is 1. The summed E-state index contributed by atoms with van der Waals surface area (Å²) in [5.41, 5.74) is 5.02. The highest BCUT2D eigenvalue weighted by molar-refractivity contribution is 7.98. The second-order valence-corrected chi connectivity index (χ2v) is 4.10. The minimum absolute atomic E-state index is 0.244. The van der Waals surface area contributed by atoms with Gasteiger partial charge in [-0.2, -0.15) is 11.8 Å². The standard InChI is InChI=1S/C10H15NO2S/c1-2-8-3-4-9(13-8)7-14-6-5-10(11)12/h3-4H,2,5-7H2,1H3,(H2,11,12). The van der Waals surface area contributed by atoms with E-state index < -0.39 is 0 Å². The molecule has 14 heavy (non-hydrogen) atoms. The molecule has 0 saturated carbocycles. The van der Waals surface area contributed by atoms with Crippen LogP contribution in [0, 0.1) is 0 Å². The van der Waals surface area contributed by atoms with Gasteiger partial charge in [0.15, 0.2) is 0 Å². The summed E-state index contributed by atoms with van der Waals surface area (Å²) < 4.78 is 5.50. The molecule has 1 heterocycles. The van der Waals surface area contributed by atoms with Crippen molar-refractivity contribution in [2.45, 2.75) is 25.5 Å². The van der Waals surface area contributed by atoms with E-state index in [0.717, 1.165) is 29.4 Å². The van der Waals surface area contributed by atoms with E-state index in [9.17, 15) is 4.79 Å². The number of amides is 1. The molecule has 1 amide bonds. The highest BCUT2D eigenvalue weighted by atomic mass is 32.2. The molecule has 1 rings (SSSR count). The fraction of sp³-hybridized carbons (Fsp3) is 0.500. The fourth-order valence-corrected chi connectivity index (χ4v) is 1.88. The molecule has 78 valence electrons. The van der Waals surface area contributed by atoms with Crippen molar-refractivity contribution in [1.29, 1.82) is 0 Å². The zero-order valence-electron chi connectivity index (χ0n) is 8.29. The molecule has 0 unspecified atom stereocenters. The molecule has 4 heteroatoms. The van der Waals surface area contributed by atoms with Gasteiger partial charge in [-0.05, 0) is 12.1 Å². The normalized spacial score (nSPS) is 10.4. The van der Waals surface area contributed by atoms with Gasteiger partial charge >= 0.3 is 0 Å². The third-order valence-electron chi connectivity index (χ3n) is 1.80. The summed E-state index contributed by atoms with van der Waals surface area (Å²) in [6, 6.07) is 3.97. The number of carbonyl (C=O) groups is 1. The highest BCUT2D eigenvalue weighted by Crippen LogP contribution is 2.16. The molecule has 1 aromatic rings. The van der Waals surface area contributed by atoms with Gasteiger partial charge in [-0.15, -0.1) is 0 Å². The quantitative estimate of drug-likeness (QED) is 0.735. The summed E-state index contributed by atoms with van der Waals surface area (Å²) in [6.45, 7) is 2.06. The zero-order valence-corrected chi connectivity index (χ0v) is 9.10. The number of hydrogen-bond donors (Lipinski definition) is 1. The van der Waals surface area contributed by atoms with Gasteiger partial charge in [0.25, 0.3) is 0 Å². The van der Waals surface area contributed by atoms with Crippen molar-refractivity contribution in [1.82, 2.24) is 0 Å². The number of carbonyl (C=O) groups excluding carboxylic acids is 1. The Morgan fingerprint density at radius 1 is 1.50 bits per heavy atom. The summed E-state index contributed by atoms with van der Waals surface area (Å²) in [7, 11) is 0. The SMILES string of the molecule is CCc1ccc(CSCCC(N)=O)o1. The summed E-state index contributed by atoms with van der Waals surface area (Å²) in [5.74, 6) is 3.31. The maximum atomic E-state index is 10.4. The van der Waals surface area contributed by atoms with Gasteiger partial charge in [-0.3, -0.25) is 4.79 Å². The Morgan fingerprint density at radius 2 is 2.21 bits per heavy atom. The minimum Gasteiger partial charge on any atom is -0.465 e. The van der Waals surface area contributed by atoms with Gasteiger partial charge < -0.3 is 10.2 Å². The molecule has 0 aromatic carbocycles. The average molecular weight is 213 g/mol. The molecule has 0 aliphatic carbocycles. The van der Waals surface area contributed by atoms with Crippen LogP contribution in [0.3, 0.4) is 0 Å². The highest BCUT2D eigenvalue weighted by Gasteiger charge is 2.01. The van der Waals surface area contributed by atoms with E-state index in [1.807, 2.05) is 12.1 Å².